The van der Waals surface area contributed by atoms with E-state index in [1.165, 1.54) is 0 Å². The van der Waals surface area contributed by atoms with Crippen molar-refractivity contribution in [2.45, 2.75) is 38.6 Å². The van der Waals surface area contributed by atoms with E-state index in [9.17, 15) is 4.79 Å². The zero-order chi connectivity index (χ0) is 15.0. The molecule has 21 heavy (non-hydrogen) atoms. The minimum Gasteiger partial charge on any atom is -0.379 e. The van der Waals surface area contributed by atoms with Crippen LogP contribution in [0, 0.1) is 5.41 Å². The monoisotopic (exact) mass is 292 g/mol. The number of rotatable bonds is 2. The fourth-order valence-corrected chi connectivity index (χ4v) is 3.28. The summed E-state index contributed by atoms with van der Waals surface area (Å²) in [7, 11) is 0. The summed E-state index contributed by atoms with van der Waals surface area (Å²) in [6, 6.07) is 0.120. The van der Waals surface area contributed by atoms with Gasteiger partial charge in [0, 0.05) is 36.4 Å². The molecule has 116 valence electrons. The standard InChI is InChI=1S/C15H24N4O2/c1-10(2)11-7-17-13(14(20)18-11)19-5-3-15(4-6-19)9-21-8-12(15)16/h7,10,12H,3-6,8-9,16H2,1-2H3,(H,18,20)/t12-/m1/s1. The fourth-order valence-electron chi connectivity index (χ4n) is 3.28. The van der Waals surface area contributed by atoms with Gasteiger partial charge >= 0.3 is 0 Å². The van der Waals surface area contributed by atoms with Gasteiger partial charge in [0.2, 0.25) is 0 Å². The van der Waals surface area contributed by atoms with Gasteiger partial charge in [-0.25, -0.2) is 4.98 Å². The molecule has 3 rings (SSSR count). The lowest BCUT2D eigenvalue weighted by Crippen LogP contribution is -2.50. The van der Waals surface area contributed by atoms with Gasteiger partial charge in [-0.2, -0.15) is 0 Å². The van der Waals surface area contributed by atoms with Crippen molar-refractivity contribution in [1.82, 2.24) is 9.97 Å². The number of piperidine rings is 1. The van der Waals surface area contributed by atoms with Crippen LogP contribution >= 0.6 is 0 Å². The summed E-state index contributed by atoms with van der Waals surface area (Å²) in [4.78, 5) is 21.6. The first-order chi connectivity index (χ1) is 10.0. The molecule has 0 saturated carbocycles. The van der Waals surface area contributed by atoms with Gasteiger partial charge in [-0.1, -0.05) is 13.8 Å². The Morgan fingerprint density at radius 1 is 1.48 bits per heavy atom. The summed E-state index contributed by atoms with van der Waals surface area (Å²) >= 11 is 0. The molecule has 2 aliphatic rings. The first-order valence-corrected chi connectivity index (χ1v) is 7.69. The van der Waals surface area contributed by atoms with Gasteiger partial charge in [0.1, 0.15) is 0 Å². The molecule has 2 saturated heterocycles. The van der Waals surface area contributed by atoms with Crippen molar-refractivity contribution in [3.8, 4) is 0 Å². The Morgan fingerprint density at radius 3 is 2.71 bits per heavy atom. The molecule has 2 fully saturated rings. The van der Waals surface area contributed by atoms with Crippen LogP contribution in [0.4, 0.5) is 5.82 Å². The molecular weight excluding hydrogens is 268 g/mol. The lowest BCUT2D eigenvalue weighted by molar-refractivity contribution is 0.131. The van der Waals surface area contributed by atoms with Crippen LogP contribution in [-0.2, 0) is 4.74 Å². The summed E-state index contributed by atoms with van der Waals surface area (Å²) in [5.41, 5.74) is 7.07. The predicted molar refractivity (Wildman–Crippen MR) is 81.6 cm³/mol. The Bertz CT molecular complexity index is 561. The molecular formula is C15H24N4O2. The number of nitrogens with zero attached hydrogens (tertiary/aromatic N) is 2. The molecule has 3 N–H and O–H groups in total. The maximum atomic E-state index is 12.2. The number of H-pyrrole nitrogens is 1. The van der Waals surface area contributed by atoms with E-state index in [0.717, 1.165) is 38.2 Å². The van der Waals surface area contributed by atoms with Crippen molar-refractivity contribution >= 4 is 5.82 Å². The average Bonchev–Trinajstić information content (AvgIpc) is 2.81. The molecule has 6 heteroatoms. The van der Waals surface area contributed by atoms with E-state index in [-0.39, 0.29) is 22.9 Å². The second-order valence-corrected chi connectivity index (χ2v) is 6.62. The Kier molecular flexibility index (Phi) is 3.75. The van der Waals surface area contributed by atoms with Crippen LogP contribution in [0.2, 0.25) is 0 Å². The minimum atomic E-state index is -0.0934. The van der Waals surface area contributed by atoms with Crippen molar-refractivity contribution in [2.75, 3.05) is 31.2 Å². The Balaban J connectivity index is 1.74. The molecule has 6 nitrogen and oxygen atoms in total. The SMILES string of the molecule is CC(C)c1cnc(N2CCC3(CC2)COC[C@H]3N)c(=O)[nH]1. The van der Waals surface area contributed by atoms with E-state index in [4.69, 9.17) is 10.5 Å². The fraction of sp³-hybridized carbons (Fsp3) is 0.733. The topological polar surface area (TPSA) is 84.2 Å². The lowest BCUT2D eigenvalue weighted by atomic mass is 9.75. The van der Waals surface area contributed by atoms with Crippen LogP contribution in [-0.4, -0.2) is 42.3 Å². The molecule has 0 unspecified atom stereocenters. The molecule has 0 amide bonds. The zero-order valence-electron chi connectivity index (χ0n) is 12.8. The number of nitrogens with one attached hydrogen (secondary N) is 1. The van der Waals surface area contributed by atoms with E-state index >= 15 is 0 Å². The second kappa shape index (κ2) is 5.42. The molecule has 1 spiro atoms. The summed E-state index contributed by atoms with van der Waals surface area (Å²) in [5, 5.41) is 0. The van der Waals surface area contributed by atoms with Crippen LogP contribution in [0.15, 0.2) is 11.0 Å². The largest absolute Gasteiger partial charge is 0.379 e. The van der Waals surface area contributed by atoms with Crippen molar-refractivity contribution < 1.29 is 4.74 Å². The van der Waals surface area contributed by atoms with Gasteiger partial charge in [-0.05, 0) is 18.8 Å². The molecule has 3 heterocycles. The smallest absolute Gasteiger partial charge is 0.291 e. The van der Waals surface area contributed by atoms with Crippen LogP contribution in [0.5, 0.6) is 0 Å². The highest BCUT2D eigenvalue weighted by Crippen LogP contribution is 2.38. The van der Waals surface area contributed by atoms with Crippen LogP contribution in [0.1, 0.15) is 38.3 Å². The van der Waals surface area contributed by atoms with Gasteiger partial charge in [0.05, 0.1) is 13.2 Å². The minimum absolute atomic E-state index is 0.0934. The number of aromatic amines is 1. The number of ether oxygens (including phenoxy) is 1. The van der Waals surface area contributed by atoms with Gasteiger partial charge in [-0.15, -0.1) is 0 Å². The van der Waals surface area contributed by atoms with Crippen LogP contribution in [0.25, 0.3) is 0 Å². The Hall–Kier alpha value is -1.40. The molecule has 2 aliphatic heterocycles. The van der Waals surface area contributed by atoms with Crippen molar-refractivity contribution in [3.05, 3.63) is 22.2 Å². The number of aromatic nitrogens is 2. The molecule has 0 aromatic carbocycles. The van der Waals surface area contributed by atoms with E-state index in [2.05, 4.69) is 14.9 Å². The normalized spacial score (nSPS) is 25.0. The van der Waals surface area contributed by atoms with Gasteiger partial charge in [0.15, 0.2) is 5.82 Å². The number of anilines is 1. The van der Waals surface area contributed by atoms with E-state index < -0.39 is 0 Å². The quantitative estimate of drug-likeness (QED) is 0.844. The van der Waals surface area contributed by atoms with Crippen LogP contribution in [0.3, 0.4) is 0 Å². The van der Waals surface area contributed by atoms with Gasteiger partial charge in [0.25, 0.3) is 5.56 Å². The maximum absolute atomic E-state index is 12.2. The summed E-state index contributed by atoms with van der Waals surface area (Å²) in [5.74, 6) is 0.805. The summed E-state index contributed by atoms with van der Waals surface area (Å²) in [6.45, 7) is 7.11. The highest BCUT2D eigenvalue weighted by molar-refractivity contribution is 5.37. The second-order valence-electron chi connectivity index (χ2n) is 6.62. The number of hydrogen-bond acceptors (Lipinski definition) is 5. The Morgan fingerprint density at radius 2 is 2.19 bits per heavy atom. The Labute approximate surface area is 124 Å². The van der Waals surface area contributed by atoms with Crippen molar-refractivity contribution in [2.24, 2.45) is 11.1 Å². The third kappa shape index (κ3) is 2.58. The first-order valence-electron chi connectivity index (χ1n) is 7.69. The zero-order valence-corrected chi connectivity index (χ0v) is 12.8. The highest BCUT2D eigenvalue weighted by atomic mass is 16.5. The molecule has 0 aliphatic carbocycles. The summed E-state index contributed by atoms with van der Waals surface area (Å²) < 4.78 is 5.53. The molecule has 1 aromatic heterocycles. The summed E-state index contributed by atoms with van der Waals surface area (Å²) in [6.07, 6.45) is 3.69. The molecule has 0 radical (unpaired) electrons. The molecule has 1 atom stereocenters. The van der Waals surface area contributed by atoms with E-state index in [1.54, 1.807) is 6.20 Å². The van der Waals surface area contributed by atoms with E-state index in [0.29, 0.717) is 12.4 Å². The molecule has 0 bridgehead atoms. The number of nitrogens with two attached hydrogens (primary N) is 1. The molecule has 1 aromatic rings. The van der Waals surface area contributed by atoms with Gasteiger partial charge in [-0.3, -0.25) is 4.79 Å². The maximum Gasteiger partial charge on any atom is 0.291 e. The average molecular weight is 292 g/mol. The predicted octanol–water partition coefficient (Wildman–Crippen LogP) is 0.837. The van der Waals surface area contributed by atoms with Gasteiger partial charge < -0.3 is 20.4 Å². The van der Waals surface area contributed by atoms with Crippen LogP contribution < -0.4 is 16.2 Å². The highest BCUT2D eigenvalue weighted by Gasteiger charge is 2.44. The van der Waals surface area contributed by atoms with E-state index in [1.807, 2.05) is 13.8 Å². The number of hydrogen-bond donors (Lipinski definition) is 2. The lowest BCUT2D eigenvalue weighted by Gasteiger charge is -2.40. The van der Waals surface area contributed by atoms with Crippen molar-refractivity contribution in [3.63, 3.8) is 0 Å². The van der Waals surface area contributed by atoms with Crippen molar-refractivity contribution in [1.29, 1.82) is 0 Å². The third-order valence-electron chi connectivity index (χ3n) is 4.94. The first kappa shape index (κ1) is 14.5. The third-order valence-corrected chi connectivity index (χ3v) is 4.94.